The Morgan fingerprint density at radius 1 is 1.28 bits per heavy atom. The molecule has 2 atom stereocenters. The summed E-state index contributed by atoms with van der Waals surface area (Å²) in [5, 5.41) is 3.41. The van der Waals surface area contributed by atoms with Crippen LogP contribution in [0.5, 0.6) is 0 Å². The Labute approximate surface area is 145 Å². The smallest absolute Gasteiger partial charge is 0.341 e. The molecule has 1 aromatic heterocycles. The Hall–Kier alpha value is -2.48. The Kier molecular flexibility index (Phi) is 4.71. The molecule has 0 radical (unpaired) electrons. The van der Waals surface area contributed by atoms with E-state index in [1.54, 1.807) is 24.4 Å². The molecule has 3 rings (SSSR count). The van der Waals surface area contributed by atoms with Crippen molar-refractivity contribution >= 4 is 32.6 Å². The molecular formula is C17H18N2O5S. The van der Waals surface area contributed by atoms with Gasteiger partial charge in [-0.25, -0.2) is 13.2 Å². The van der Waals surface area contributed by atoms with Gasteiger partial charge in [-0.05, 0) is 25.5 Å². The predicted octanol–water partition coefficient (Wildman–Crippen LogP) is 1.08. The molecule has 1 aromatic carbocycles. The molecule has 1 aliphatic rings. The molecule has 7 nitrogen and oxygen atoms in total. The number of nitrogens with one attached hydrogen (secondary N) is 1. The second kappa shape index (κ2) is 6.79. The van der Waals surface area contributed by atoms with Crippen LogP contribution >= 0.6 is 0 Å². The lowest BCUT2D eigenvalue weighted by molar-refractivity contribution is -0.129. The van der Waals surface area contributed by atoms with Crippen LogP contribution in [0.4, 0.5) is 0 Å². The van der Waals surface area contributed by atoms with Gasteiger partial charge in [0.25, 0.3) is 5.91 Å². The lowest BCUT2D eigenvalue weighted by Crippen LogP contribution is -2.42. The fourth-order valence-electron chi connectivity index (χ4n) is 2.77. The summed E-state index contributed by atoms with van der Waals surface area (Å²) in [7, 11) is -3.09. The van der Waals surface area contributed by atoms with E-state index >= 15 is 0 Å². The molecular weight excluding hydrogens is 344 g/mol. The molecule has 8 heteroatoms. The van der Waals surface area contributed by atoms with Crippen molar-refractivity contribution < 1.29 is 22.7 Å². The fraction of sp³-hybridized carbons (Fsp3) is 0.353. The minimum atomic E-state index is -3.09. The maximum Gasteiger partial charge on any atom is 0.341 e. The highest BCUT2D eigenvalue weighted by molar-refractivity contribution is 7.91. The van der Waals surface area contributed by atoms with Crippen LogP contribution < -0.4 is 5.32 Å². The maximum absolute atomic E-state index is 12.4. The van der Waals surface area contributed by atoms with Gasteiger partial charge in [0.15, 0.2) is 15.9 Å². The largest absolute Gasteiger partial charge is 0.449 e. The minimum Gasteiger partial charge on any atom is -0.449 e. The molecule has 0 bridgehead atoms. The highest BCUT2D eigenvalue weighted by Crippen LogP contribution is 2.17. The van der Waals surface area contributed by atoms with Crippen LogP contribution in [0.1, 0.15) is 23.7 Å². The second-order valence-electron chi connectivity index (χ2n) is 6.04. The topological polar surface area (TPSA) is 102 Å². The van der Waals surface area contributed by atoms with Crippen molar-refractivity contribution in [3.8, 4) is 0 Å². The van der Waals surface area contributed by atoms with E-state index in [1.165, 1.54) is 6.92 Å². The van der Waals surface area contributed by atoms with Gasteiger partial charge in [-0.15, -0.1) is 0 Å². The van der Waals surface area contributed by atoms with E-state index < -0.39 is 33.9 Å². The number of hydrogen-bond donors (Lipinski definition) is 1. The van der Waals surface area contributed by atoms with Gasteiger partial charge in [0, 0.05) is 17.6 Å². The molecule has 2 heterocycles. The van der Waals surface area contributed by atoms with Crippen LogP contribution in [0.15, 0.2) is 36.5 Å². The van der Waals surface area contributed by atoms with Gasteiger partial charge in [-0.1, -0.05) is 18.2 Å². The van der Waals surface area contributed by atoms with Crippen molar-refractivity contribution in [3.63, 3.8) is 0 Å². The molecule has 1 N–H and O–H groups in total. The molecule has 0 spiro atoms. The Bertz CT molecular complexity index is 920. The molecule has 132 valence electrons. The Balaban J connectivity index is 1.66. The number of hydrogen-bond acceptors (Lipinski definition) is 6. The first-order valence-corrected chi connectivity index (χ1v) is 9.73. The zero-order valence-electron chi connectivity index (χ0n) is 13.6. The average Bonchev–Trinajstić information content (AvgIpc) is 2.92. The summed E-state index contributed by atoms with van der Waals surface area (Å²) >= 11 is 0. The summed E-state index contributed by atoms with van der Waals surface area (Å²) in [6.07, 6.45) is 0.923. The quantitative estimate of drug-likeness (QED) is 0.817. The first kappa shape index (κ1) is 17.3. The van der Waals surface area contributed by atoms with Gasteiger partial charge >= 0.3 is 5.97 Å². The molecule has 1 amide bonds. The van der Waals surface area contributed by atoms with E-state index in [9.17, 15) is 18.0 Å². The van der Waals surface area contributed by atoms with Gasteiger partial charge in [0.2, 0.25) is 0 Å². The Morgan fingerprint density at radius 2 is 2.04 bits per heavy atom. The van der Waals surface area contributed by atoms with E-state index in [0.29, 0.717) is 11.9 Å². The molecule has 0 saturated carbocycles. The number of ether oxygens (including phenoxy) is 1. The van der Waals surface area contributed by atoms with Crippen LogP contribution in [0.3, 0.4) is 0 Å². The van der Waals surface area contributed by atoms with Crippen molar-refractivity contribution in [2.24, 2.45) is 0 Å². The highest BCUT2D eigenvalue weighted by Gasteiger charge is 2.31. The highest BCUT2D eigenvalue weighted by atomic mass is 32.2. The predicted molar refractivity (Wildman–Crippen MR) is 91.8 cm³/mol. The summed E-state index contributed by atoms with van der Waals surface area (Å²) in [5.41, 5.74) is 0.783. The zero-order chi connectivity index (χ0) is 18.0. The molecule has 2 aromatic rings. The number of benzene rings is 1. The molecule has 0 unspecified atom stereocenters. The number of aromatic nitrogens is 1. The molecule has 1 aliphatic heterocycles. The lowest BCUT2D eigenvalue weighted by Gasteiger charge is -2.16. The lowest BCUT2D eigenvalue weighted by atomic mass is 10.1. The van der Waals surface area contributed by atoms with Crippen LogP contribution in [0.25, 0.3) is 10.9 Å². The average molecular weight is 362 g/mol. The summed E-state index contributed by atoms with van der Waals surface area (Å²) in [6, 6.07) is 8.30. The number of sulfone groups is 1. The zero-order valence-corrected chi connectivity index (χ0v) is 14.5. The summed E-state index contributed by atoms with van der Waals surface area (Å²) in [5.74, 6) is -1.17. The van der Waals surface area contributed by atoms with E-state index in [0.717, 1.165) is 5.39 Å². The summed E-state index contributed by atoms with van der Waals surface area (Å²) in [4.78, 5) is 28.7. The number of nitrogens with zero attached hydrogens (tertiary/aromatic N) is 1. The third-order valence-corrected chi connectivity index (χ3v) is 5.85. The SMILES string of the molecule is C[C@H](OC(=O)c1cccc2cccnc12)C(=O)N[C@H]1CCS(=O)(=O)C1. The van der Waals surface area contributed by atoms with E-state index in [1.807, 2.05) is 12.1 Å². The third kappa shape index (κ3) is 3.96. The Morgan fingerprint density at radius 3 is 2.76 bits per heavy atom. The van der Waals surface area contributed by atoms with E-state index in [2.05, 4.69) is 10.3 Å². The van der Waals surface area contributed by atoms with Crippen LogP contribution in [0, 0.1) is 0 Å². The fourth-order valence-corrected chi connectivity index (χ4v) is 4.45. The number of esters is 1. The van der Waals surface area contributed by atoms with Crippen molar-refractivity contribution in [1.82, 2.24) is 10.3 Å². The monoisotopic (exact) mass is 362 g/mol. The summed E-state index contributed by atoms with van der Waals surface area (Å²) < 4.78 is 28.1. The first-order chi connectivity index (χ1) is 11.9. The number of carbonyl (C=O) groups is 2. The number of rotatable bonds is 4. The summed E-state index contributed by atoms with van der Waals surface area (Å²) in [6.45, 7) is 1.45. The van der Waals surface area contributed by atoms with Crippen molar-refractivity contribution in [2.45, 2.75) is 25.5 Å². The number of fused-ring (bicyclic) bond motifs is 1. The third-order valence-electron chi connectivity index (χ3n) is 4.08. The van der Waals surface area contributed by atoms with Crippen LogP contribution in [-0.4, -0.2) is 48.9 Å². The van der Waals surface area contributed by atoms with Gasteiger partial charge in [0.1, 0.15) is 0 Å². The van der Waals surface area contributed by atoms with E-state index in [4.69, 9.17) is 4.74 Å². The van der Waals surface area contributed by atoms with Gasteiger partial charge in [-0.2, -0.15) is 0 Å². The number of pyridine rings is 1. The molecule has 1 saturated heterocycles. The van der Waals surface area contributed by atoms with Crippen molar-refractivity contribution in [3.05, 3.63) is 42.1 Å². The second-order valence-corrected chi connectivity index (χ2v) is 8.27. The van der Waals surface area contributed by atoms with Crippen molar-refractivity contribution in [1.29, 1.82) is 0 Å². The normalized spacial score (nSPS) is 20.1. The van der Waals surface area contributed by atoms with Gasteiger partial charge < -0.3 is 10.1 Å². The van der Waals surface area contributed by atoms with Crippen LogP contribution in [0.2, 0.25) is 0 Å². The van der Waals surface area contributed by atoms with Gasteiger partial charge in [0.05, 0.1) is 22.6 Å². The molecule has 1 fully saturated rings. The standard InChI is InChI=1S/C17H18N2O5S/c1-11(16(20)19-13-7-9-25(22,23)10-13)24-17(21)14-6-2-4-12-5-3-8-18-15(12)14/h2-6,8,11,13H,7,9-10H2,1H3,(H,19,20)/t11-,13-/m0/s1. The number of amides is 1. The number of carbonyl (C=O) groups excluding carboxylic acids is 2. The maximum atomic E-state index is 12.4. The first-order valence-electron chi connectivity index (χ1n) is 7.91. The minimum absolute atomic E-state index is 0.0633. The van der Waals surface area contributed by atoms with E-state index in [-0.39, 0.29) is 17.1 Å². The molecule has 0 aliphatic carbocycles. The van der Waals surface area contributed by atoms with Gasteiger partial charge in [-0.3, -0.25) is 9.78 Å². The molecule has 25 heavy (non-hydrogen) atoms. The van der Waals surface area contributed by atoms with Crippen LogP contribution in [-0.2, 0) is 19.4 Å². The number of para-hydroxylation sites is 1. The van der Waals surface area contributed by atoms with Crippen molar-refractivity contribution in [2.75, 3.05) is 11.5 Å².